The molecule has 0 amide bonds. The normalized spacial score (nSPS) is 23.0. The smallest absolute Gasteiger partial charge is 0.414 e. The van der Waals surface area contributed by atoms with Gasteiger partial charge in [-0.2, -0.15) is 0 Å². The van der Waals surface area contributed by atoms with Crippen LogP contribution in [0.1, 0.15) is 29.5 Å². The first kappa shape index (κ1) is 21.5. The van der Waals surface area contributed by atoms with E-state index in [9.17, 15) is 4.79 Å². The summed E-state index contributed by atoms with van der Waals surface area (Å²) in [5, 5.41) is 18.8. The van der Waals surface area contributed by atoms with Crippen molar-refractivity contribution in [2.24, 2.45) is 5.92 Å². The minimum absolute atomic E-state index is 0.0595. The molecular formula is C20H23NO6S2. The number of esters is 1. The number of fused-ring (bicyclic) bond motifs is 3. The maximum Gasteiger partial charge on any atom is 0.414 e. The minimum atomic E-state index is -1.82. The Morgan fingerprint density at radius 2 is 1.55 bits per heavy atom. The van der Waals surface area contributed by atoms with E-state index in [0.29, 0.717) is 5.92 Å². The number of thiophene rings is 2. The number of ether oxygens (including phenoxy) is 1. The SMILES string of the molecule is CC(C(=O)O[C@H]1CN2CCC1CC2)(c1cccs1)c1cccs1.O=C(O)C(=O)O. The van der Waals surface area contributed by atoms with E-state index in [0.717, 1.165) is 42.2 Å². The summed E-state index contributed by atoms with van der Waals surface area (Å²) in [6, 6.07) is 8.10. The predicted octanol–water partition coefficient (Wildman–Crippen LogP) is 2.91. The number of hydrogen-bond acceptors (Lipinski definition) is 7. The van der Waals surface area contributed by atoms with Gasteiger partial charge in [0.15, 0.2) is 0 Å². The van der Waals surface area contributed by atoms with Crippen LogP contribution < -0.4 is 0 Å². The van der Waals surface area contributed by atoms with Crippen LogP contribution in [0.15, 0.2) is 35.0 Å². The molecule has 0 unspecified atom stereocenters. The summed E-state index contributed by atoms with van der Waals surface area (Å²) in [6.45, 7) is 5.23. The third-order valence-corrected chi connectivity index (χ3v) is 7.66. The number of carbonyl (C=O) groups excluding carboxylic acids is 1. The Hall–Kier alpha value is -2.23. The van der Waals surface area contributed by atoms with Gasteiger partial charge in [0, 0.05) is 16.3 Å². The standard InChI is InChI=1S/C18H21NO2S2.C2H2O4/c1-18(15-4-2-10-22-15,16-5-3-11-23-16)17(20)21-14-12-19-8-6-13(14)7-9-19;3-1(4)2(5)6/h2-5,10-11,13-14H,6-9,12H2,1H3;(H,3,4)(H,5,6)/t14-;/m0./s1. The summed E-state index contributed by atoms with van der Waals surface area (Å²) in [5.41, 5.74) is -0.686. The number of hydrogen-bond donors (Lipinski definition) is 2. The van der Waals surface area contributed by atoms with E-state index in [1.165, 1.54) is 0 Å². The van der Waals surface area contributed by atoms with Crippen molar-refractivity contribution in [3.05, 3.63) is 44.8 Å². The summed E-state index contributed by atoms with van der Waals surface area (Å²) in [4.78, 5) is 35.9. The zero-order valence-corrected chi connectivity index (χ0v) is 17.6. The van der Waals surface area contributed by atoms with Gasteiger partial charge in [0.05, 0.1) is 0 Å². The summed E-state index contributed by atoms with van der Waals surface area (Å²) >= 11 is 3.26. The fourth-order valence-electron chi connectivity index (χ4n) is 3.75. The van der Waals surface area contributed by atoms with E-state index in [1.807, 2.05) is 41.9 Å². The lowest BCUT2D eigenvalue weighted by molar-refractivity contribution is -0.163. The molecular weight excluding hydrogens is 414 g/mol. The van der Waals surface area contributed by atoms with Crippen LogP contribution in [0.3, 0.4) is 0 Å². The minimum Gasteiger partial charge on any atom is -0.473 e. The predicted molar refractivity (Wildman–Crippen MR) is 109 cm³/mol. The van der Waals surface area contributed by atoms with Gasteiger partial charge in [0.2, 0.25) is 0 Å². The second kappa shape index (κ2) is 9.06. The van der Waals surface area contributed by atoms with Crippen molar-refractivity contribution in [3.8, 4) is 0 Å². The fourth-order valence-corrected chi connectivity index (χ4v) is 5.59. The molecule has 3 aliphatic rings. The van der Waals surface area contributed by atoms with Crippen LogP contribution in [0, 0.1) is 5.92 Å². The van der Waals surface area contributed by atoms with Gasteiger partial charge >= 0.3 is 17.9 Å². The van der Waals surface area contributed by atoms with E-state index in [-0.39, 0.29) is 12.1 Å². The molecule has 0 saturated carbocycles. The van der Waals surface area contributed by atoms with Crippen molar-refractivity contribution in [3.63, 3.8) is 0 Å². The monoisotopic (exact) mass is 437 g/mol. The Morgan fingerprint density at radius 3 is 1.90 bits per heavy atom. The molecule has 5 rings (SSSR count). The van der Waals surface area contributed by atoms with E-state index >= 15 is 0 Å². The highest BCUT2D eigenvalue weighted by molar-refractivity contribution is 7.12. The van der Waals surface area contributed by atoms with Gasteiger partial charge in [-0.05, 0) is 61.7 Å². The zero-order valence-electron chi connectivity index (χ0n) is 15.9. The highest BCUT2D eigenvalue weighted by atomic mass is 32.1. The second-order valence-electron chi connectivity index (χ2n) is 7.27. The average Bonchev–Trinajstić information content (AvgIpc) is 3.43. The first-order valence-electron chi connectivity index (χ1n) is 9.30. The van der Waals surface area contributed by atoms with E-state index < -0.39 is 17.4 Å². The maximum absolute atomic E-state index is 13.2. The summed E-state index contributed by atoms with van der Waals surface area (Å²) in [7, 11) is 0. The summed E-state index contributed by atoms with van der Waals surface area (Å²) in [6.07, 6.45) is 2.38. The van der Waals surface area contributed by atoms with Crippen LogP contribution in [-0.4, -0.2) is 58.8 Å². The average molecular weight is 438 g/mol. The molecule has 2 bridgehead atoms. The third-order valence-electron chi connectivity index (χ3n) is 5.47. The van der Waals surface area contributed by atoms with Gasteiger partial charge in [-0.3, -0.25) is 9.69 Å². The largest absolute Gasteiger partial charge is 0.473 e. The Kier molecular flexibility index (Phi) is 6.71. The quantitative estimate of drug-likeness (QED) is 0.560. The number of carbonyl (C=O) groups is 3. The lowest BCUT2D eigenvalue weighted by Gasteiger charge is -2.44. The van der Waals surface area contributed by atoms with Gasteiger partial charge in [0.1, 0.15) is 11.5 Å². The molecule has 2 N–H and O–H groups in total. The fraction of sp³-hybridized carbons (Fsp3) is 0.450. The molecule has 7 nitrogen and oxygen atoms in total. The van der Waals surface area contributed by atoms with E-state index in [1.54, 1.807) is 22.7 Å². The molecule has 29 heavy (non-hydrogen) atoms. The first-order valence-corrected chi connectivity index (χ1v) is 11.1. The molecule has 3 aliphatic heterocycles. The van der Waals surface area contributed by atoms with Gasteiger partial charge < -0.3 is 14.9 Å². The van der Waals surface area contributed by atoms with Crippen LogP contribution in [0.5, 0.6) is 0 Å². The summed E-state index contributed by atoms with van der Waals surface area (Å²) in [5.74, 6) is -3.20. The Morgan fingerprint density at radius 1 is 1.03 bits per heavy atom. The van der Waals surface area contributed by atoms with Crippen molar-refractivity contribution in [1.82, 2.24) is 4.90 Å². The number of carboxylic acid groups (broad SMARTS) is 2. The second-order valence-corrected chi connectivity index (χ2v) is 9.17. The van der Waals surface area contributed by atoms with Crippen LogP contribution >= 0.6 is 22.7 Å². The van der Waals surface area contributed by atoms with Crippen LogP contribution in [-0.2, 0) is 24.5 Å². The maximum atomic E-state index is 13.2. The van der Waals surface area contributed by atoms with Crippen molar-refractivity contribution < 1.29 is 29.3 Å². The number of aliphatic carboxylic acids is 2. The molecule has 5 heterocycles. The van der Waals surface area contributed by atoms with Crippen molar-refractivity contribution in [2.75, 3.05) is 19.6 Å². The topological polar surface area (TPSA) is 104 Å². The van der Waals surface area contributed by atoms with Gasteiger partial charge in [-0.15, -0.1) is 22.7 Å². The Labute approximate surface area is 176 Å². The Balaban J connectivity index is 0.000000353. The molecule has 3 saturated heterocycles. The molecule has 2 aromatic rings. The van der Waals surface area contributed by atoms with Gasteiger partial charge in [0.25, 0.3) is 0 Å². The van der Waals surface area contributed by atoms with Crippen molar-refractivity contribution >= 4 is 40.6 Å². The van der Waals surface area contributed by atoms with Crippen LogP contribution in [0.2, 0.25) is 0 Å². The molecule has 3 fully saturated rings. The highest BCUT2D eigenvalue weighted by Gasteiger charge is 2.44. The lowest BCUT2D eigenvalue weighted by Crippen LogP contribution is -2.53. The van der Waals surface area contributed by atoms with Crippen LogP contribution in [0.4, 0.5) is 0 Å². The number of carboxylic acids is 2. The third kappa shape index (κ3) is 4.68. The number of rotatable bonds is 4. The molecule has 0 spiro atoms. The van der Waals surface area contributed by atoms with Crippen molar-refractivity contribution in [1.29, 1.82) is 0 Å². The highest BCUT2D eigenvalue weighted by Crippen LogP contribution is 2.40. The van der Waals surface area contributed by atoms with Crippen LogP contribution in [0.25, 0.3) is 0 Å². The molecule has 9 heteroatoms. The summed E-state index contributed by atoms with van der Waals surface area (Å²) < 4.78 is 6.07. The van der Waals surface area contributed by atoms with E-state index in [4.69, 9.17) is 24.5 Å². The van der Waals surface area contributed by atoms with Crippen molar-refractivity contribution in [2.45, 2.75) is 31.3 Å². The molecule has 0 aromatic carbocycles. The molecule has 156 valence electrons. The van der Waals surface area contributed by atoms with E-state index in [2.05, 4.69) is 4.90 Å². The first-order chi connectivity index (χ1) is 13.8. The molecule has 2 aromatic heterocycles. The molecule has 1 atom stereocenters. The molecule has 0 aliphatic carbocycles. The lowest BCUT2D eigenvalue weighted by atomic mass is 9.84. The number of nitrogens with zero attached hydrogens (tertiary/aromatic N) is 1. The van der Waals surface area contributed by atoms with Gasteiger partial charge in [-0.1, -0.05) is 12.1 Å². The number of piperidine rings is 3. The molecule has 0 radical (unpaired) electrons. The zero-order chi connectivity index (χ0) is 21.0. The van der Waals surface area contributed by atoms with Gasteiger partial charge in [-0.25, -0.2) is 9.59 Å². The Bertz CT molecular complexity index is 794.